The maximum Gasteiger partial charge on any atom is 0.416 e. The molecule has 2 rings (SSSR count). The van der Waals surface area contributed by atoms with Crippen LogP contribution < -0.4 is 16.4 Å². The largest absolute Gasteiger partial charge is 0.416 e. The maximum absolute atomic E-state index is 12.5. The number of rotatable bonds is 3. The summed E-state index contributed by atoms with van der Waals surface area (Å²) >= 11 is 0. The van der Waals surface area contributed by atoms with Gasteiger partial charge in [-0.05, 0) is 18.2 Å². The molecule has 1 heterocycles. The molecule has 1 aromatic carbocycles. The minimum absolute atomic E-state index is 0.0440. The molecule has 0 aliphatic rings. The third-order valence-electron chi connectivity index (χ3n) is 2.64. The summed E-state index contributed by atoms with van der Waals surface area (Å²) in [5.41, 5.74) is 5.32. The predicted octanol–water partition coefficient (Wildman–Crippen LogP) is 2.33. The van der Waals surface area contributed by atoms with E-state index >= 15 is 0 Å². The zero-order valence-electron chi connectivity index (χ0n) is 10.7. The fraction of sp³-hybridized carbons (Fsp3) is 0.167. The Balaban J connectivity index is 1.95. The second kappa shape index (κ2) is 5.73. The number of nitrogens with one attached hydrogen (secondary N) is 3. The van der Waals surface area contributed by atoms with E-state index in [4.69, 9.17) is 5.73 Å². The van der Waals surface area contributed by atoms with Gasteiger partial charge in [0.25, 0.3) is 0 Å². The molecule has 0 radical (unpaired) electrons. The molecule has 6 nitrogen and oxygen atoms in total. The molecule has 1 aromatic heterocycles. The number of aromatic nitrogens is 2. The minimum atomic E-state index is -4.46. The molecule has 0 saturated carbocycles. The van der Waals surface area contributed by atoms with Gasteiger partial charge in [0, 0.05) is 17.8 Å². The first kappa shape index (κ1) is 14.7. The first-order valence-corrected chi connectivity index (χ1v) is 5.86. The Hall–Kier alpha value is -2.71. The van der Waals surface area contributed by atoms with Gasteiger partial charge in [-0.1, -0.05) is 6.07 Å². The Labute approximate surface area is 117 Å². The van der Waals surface area contributed by atoms with Crippen molar-refractivity contribution in [2.45, 2.75) is 12.7 Å². The Morgan fingerprint density at radius 2 is 2.14 bits per heavy atom. The van der Waals surface area contributed by atoms with Crippen LogP contribution in [0.5, 0.6) is 0 Å². The Morgan fingerprint density at radius 3 is 2.76 bits per heavy atom. The number of anilines is 2. The van der Waals surface area contributed by atoms with E-state index in [-0.39, 0.29) is 12.2 Å². The molecule has 21 heavy (non-hydrogen) atoms. The lowest BCUT2D eigenvalue weighted by Gasteiger charge is -2.10. The standard InChI is InChI=1S/C12H12F3N5O/c13-12(14,15)8-2-1-3-9(4-8)19-11(21)17-5-7-6-18-20-10(7)16/h1-4,6H,5H2,(H3,16,18,20)(H2,17,19,21). The summed E-state index contributed by atoms with van der Waals surface area (Å²) in [6.45, 7) is 0.104. The maximum atomic E-state index is 12.5. The van der Waals surface area contributed by atoms with Gasteiger partial charge in [-0.25, -0.2) is 4.79 Å². The highest BCUT2D eigenvalue weighted by molar-refractivity contribution is 5.89. The van der Waals surface area contributed by atoms with E-state index in [2.05, 4.69) is 20.8 Å². The summed E-state index contributed by atoms with van der Waals surface area (Å²) in [7, 11) is 0. The number of carbonyl (C=O) groups is 1. The van der Waals surface area contributed by atoms with Crippen LogP contribution in [0.25, 0.3) is 0 Å². The predicted molar refractivity (Wildman–Crippen MR) is 70.3 cm³/mol. The van der Waals surface area contributed by atoms with Crippen LogP contribution in [0.3, 0.4) is 0 Å². The third-order valence-corrected chi connectivity index (χ3v) is 2.64. The van der Waals surface area contributed by atoms with Crippen LogP contribution in [0.4, 0.5) is 29.5 Å². The molecule has 2 amide bonds. The molecule has 112 valence electrons. The smallest absolute Gasteiger partial charge is 0.384 e. The zero-order valence-corrected chi connectivity index (χ0v) is 10.7. The molecule has 0 bridgehead atoms. The van der Waals surface area contributed by atoms with Crippen molar-refractivity contribution in [1.82, 2.24) is 15.5 Å². The van der Waals surface area contributed by atoms with E-state index in [0.29, 0.717) is 11.4 Å². The number of carbonyl (C=O) groups excluding carboxylic acids is 1. The van der Waals surface area contributed by atoms with Gasteiger partial charge < -0.3 is 16.4 Å². The van der Waals surface area contributed by atoms with Crippen molar-refractivity contribution < 1.29 is 18.0 Å². The molecule has 0 fully saturated rings. The lowest BCUT2D eigenvalue weighted by atomic mass is 10.2. The van der Waals surface area contributed by atoms with Crippen molar-refractivity contribution in [3.8, 4) is 0 Å². The summed E-state index contributed by atoms with van der Waals surface area (Å²) in [6.07, 6.45) is -3.01. The lowest BCUT2D eigenvalue weighted by Crippen LogP contribution is -2.28. The number of amides is 2. The van der Waals surface area contributed by atoms with E-state index in [0.717, 1.165) is 12.1 Å². The fourth-order valence-corrected chi connectivity index (χ4v) is 1.59. The number of nitrogens with two attached hydrogens (primary N) is 1. The number of halogens is 3. The molecule has 0 spiro atoms. The molecule has 2 aromatic rings. The topological polar surface area (TPSA) is 95.8 Å². The van der Waals surface area contributed by atoms with Gasteiger partial charge in [-0.3, -0.25) is 5.10 Å². The van der Waals surface area contributed by atoms with E-state index < -0.39 is 17.8 Å². The number of nitrogens with zero attached hydrogens (tertiary/aromatic N) is 1. The quantitative estimate of drug-likeness (QED) is 0.700. The molecular weight excluding hydrogens is 287 g/mol. The Kier molecular flexibility index (Phi) is 4.01. The summed E-state index contributed by atoms with van der Waals surface area (Å²) in [5.74, 6) is 0.314. The SMILES string of the molecule is Nc1[nH]ncc1CNC(=O)Nc1cccc(C(F)(F)F)c1. The highest BCUT2D eigenvalue weighted by atomic mass is 19.4. The Bertz CT molecular complexity index is 638. The van der Waals surface area contributed by atoms with E-state index in [1.165, 1.54) is 18.3 Å². The number of alkyl halides is 3. The molecule has 0 atom stereocenters. The van der Waals surface area contributed by atoms with Gasteiger partial charge in [0.2, 0.25) is 0 Å². The van der Waals surface area contributed by atoms with Crippen molar-refractivity contribution in [2.75, 3.05) is 11.1 Å². The highest BCUT2D eigenvalue weighted by Crippen LogP contribution is 2.30. The minimum Gasteiger partial charge on any atom is -0.384 e. The van der Waals surface area contributed by atoms with Crippen LogP contribution in [0, 0.1) is 0 Å². The average molecular weight is 299 g/mol. The van der Waals surface area contributed by atoms with Crippen molar-refractivity contribution in [2.24, 2.45) is 0 Å². The molecule has 5 N–H and O–H groups in total. The van der Waals surface area contributed by atoms with E-state index in [1.807, 2.05) is 0 Å². The fourth-order valence-electron chi connectivity index (χ4n) is 1.59. The molecular formula is C12H12F3N5O. The monoisotopic (exact) mass is 299 g/mol. The van der Waals surface area contributed by atoms with Gasteiger partial charge in [0.1, 0.15) is 5.82 Å². The Morgan fingerprint density at radius 1 is 1.38 bits per heavy atom. The molecule has 0 unspecified atom stereocenters. The number of urea groups is 1. The molecule has 9 heteroatoms. The molecule has 0 aliphatic carbocycles. The second-order valence-corrected chi connectivity index (χ2v) is 4.20. The average Bonchev–Trinajstić information content (AvgIpc) is 2.81. The molecule has 0 saturated heterocycles. The van der Waals surface area contributed by atoms with Gasteiger partial charge in [0.05, 0.1) is 11.8 Å². The summed E-state index contributed by atoms with van der Waals surface area (Å²) in [4.78, 5) is 11.6. The van der Waals surface area contributed by atoms with Crippen LogP contribution >= 0.6 is 0 Å². The number of aromatic amines is 1. The lowest BCUT2D eigenvalue weighted by molar-refractivity contribution is -0.137. The number of hydrogen-bond donors (Lipinski definition) is 4. The van der Waals surface area contributed by atoms with Crippen LogP contribution in [-0.4, -0.2) is 16.2 Å². The van der Waals surface area contributed by atoms with E-state index in [9.17, 15) is 18.0 Å². The van der Waals surface area contributed by atoms with Crippen LogP contribution in [-0.2, 0) is 12.7 Å². The van der Waals surface area contributed by atoms with Gasteiger partial charge in [0.15, 0.2) is 0 Å². The summed E-state index contributed by atoms with van der Waals surface area (Å²) < 4.78 is 37.6. The highest BCUT2D eigenvalue weighted by Gasteiger charge is 2.30. The normalized spacial score (nSPS) is 11.2. The molecule has 0 aliphatic heterocycles. The van der Waals surface area contributed by atoms with Crippen LogP contribution in [0.15, 0.2) is 30.5 Å². The van der Waals surface area contributed by atoms with Gasteiger partial charge >= 0.3 is 12.2 Å². The second-order valence-electron chi connectivity index (χ2n) is 4.20. The van der Waals surface area contributed by atoms with Crippen molar-refractivity contribution in [3.63, 3.8) is 0 Å². The number of H-pyrrole nitrogens is 1. The first-order valence-electron chi connectivity index (χ1n) is 5.86. The van der Waals surface area contributed by atoms with Gasteiger partial charge in [-0.15, -0.1) is 0 Å². The number of benzene rings is 1. The van der Waals surface area contributed by atoms with Crippen LogP contribution in [0.1, 0.15) is 11.1 Å². The first-order chi connectivity index (χ1) is 9.86. The van der Waals surface area contributed by atoms with Crippen molar-refractivity contribution >= 4 is 17.5 Å². The van der Waals surface area contributed by atoms with Gasteiger partial charge in [-0.2, -0.15) is 18.3 Å². The third kappa shape index (κ3) is 3.88. The summed E-state index contributed by atoms with van der Waals surface area (Å²) in [5, 5.41) is 10.9. The number of nitrogen functional groups attached to an aromatic ring is 1. The van der Waals surface area contributed by atoms with E-state index in [1.54, 1.807) is 0 Å². The van der Waals surface area contributed by atoms with Crippen molar-refractivity contribution in [1.29, 1.82) is 0 Å². The van der Waals surface area contributed by atoms with Crippen LogP contribution in [0.2, 0.25) is 0 Å². The zero-order chi connectivity index (χ0) is 15.5. The van der Waals surface area contributed by atoms with Crippen molar-refractivity contribution in [3.05, 3.63) is 41.6 Å². The summed E-state index contributed by atoms with van der Waals surface area (Å²) in [6, 6.07) is 3.71. The number of hydrogen-bond acceptors (Lipinski definition) is 3.